The molecular weight excluding hydrogens is 303 g/mol. The molecule has 1 aliphatic carbocycles. The number of carbonyl (C=O) groups excluding carboxylic acids is 2. The molecule has 1 aromatic heterocycles. The van der Waals surface area contributed by atoms with Crippen LogP contribution in [-0.4, -0.2) is 11.8 Å². The molecular formula is C16H15FN2O2S. The van der Waals surface area contributed by atoms with Crippen LogP contribution in [0.25, 0.3) is 0 Å². The van der Waals surface area contributed by atoms with Gasteiger partial charge in [-0.3, -0.25) is 20.4 Å². The van der Waals surface area contributed by atoms with E-state index in [0.29, 0.717) is 10.4 Å². The van der Waals surface area contributed by atoms with Crippen LogP contribution in [-0.2, 0) is 24.1 Å². The minimum Gasteiger partial charge on any atom is -0.273 e. The van der Waals surface area contributed by atoms with Crippen molar-refractivity contribution in [3.05, 3.63) is 57.0 Å². The molecule has 0 radical (unpaired) electrons. The van der Waals surface area contributed by atoms with Crippen molar-refractivity contribution in [2.75, 3.05) is 0 Å². The highest BCUT2D eigenvalue weighted by atomic mass is 32.1. The molecule has 22 heavy (non-hydrogen) atoms. The van der Waals surface area contributed by atoms with Gasteiger partial charge in [-0.15, -0.1) is 11.3 Å². The molecule has 3 rings (SSSR count). The van der Waals surface area contributed by atoms with Crippen molar-refractivity contribution in [1.29, 1.82) is 0 Å². The molecule has 0 saturated heterocycles. The van der Waals surface area contributed by atoms with Gasteiger partial charge in [-0.1, -0.05) is 18.2 Å². The van der Waals surface area contributed by atoms with Crippen LogP contribution in [0, 0.1) is 5.82 Å². The molecule has 2 amide bonds. The molecule has 114 valence electrons. The molecule has 0 aliphatic heterocycles. The lowest BCUT2D eigenvalue weighted by atomic mass is 10.1. The molecule has 0 spiro atoms. The molecule has 0 unspecified atom stereocenters. The van der Waals surface area contributed by atoms with E-state index in [1.807, 2.05) is 6.07 Å². The Balaban J connectivity index is 1.54. The Hall–Kier alpha value is -2.21. The molecule has 1 heterocycles. The maximum Gasteiger partial charge on any atom is 0.279 e. The third-order valence-corrected chi connectivity index (χ3v) is 4.83. The van der Waals surface area contributed by atoms with E-state index in [-0.39, 0.29) is 12.3 Å². The number of rotatable bonds is 3. The van der Waals surface area contributed by atoms with Gasteiger partial charge in [0, 0.05) is 4.88 Å². The summed E-state index contributed by atoms with van der Waals surface area (Å²) in [6.07, 6.45) is 3.06. The van der Waals surface area contributed by atoms with Gasteiger partial charge in [0.1, 0.15) is 5.82 Å². The SMILES string of the molecule is O=C(Cc1ccccc1F)NNC(=O)c1cc2c(s1)CCC2. The zero-order valence-electron chi connectivity index (χ0n) is 11.8. The fourth-order valence-corrected chi connectivity index (χ4v) is 3.64. The molecule has 0 atom stereocenters. The Morgan fingerprint density at radius 2 is 2.00 bits per heavy atom. The van der Waals surface area contributed by atoms with E-state index in [1.54, 1.807) is 18.2 Å². The van der Waals surface area contributed by atoms with E-state index < -0.39 is 11.7 Å². The summed E-state index contributed by atoms with van der Waals surface area (Å²) >= 11 is 1.46. The van der Waals surface area contributed by atoms with E-state index in [2.05, 4.69) is 10.9 Å². The van der Waals surface area contributed by atoms with Crippen molar-refractivity contribution in [1.82, 2.24) is 10.9 Å². The van der Waals surface area contributed by atoms with E-state index in [0.717, 1.165) is 19.3 Å². The van der Waals surface area contributed by atoms with Gasteiger partial charge in [0.25, 0.3) is 5.91 Å². The molecule has 1 aromatic carbocycles. The van der Waals surface area contributed by atoms with Crippen molar-refractivity contribution < 1.29 is 14.0 Å². The Labute approximate surface area is 131 Å². The van der Waals surface area contributed by atoms with Crippen LogP contribution in [0.1, 0.15) is 32.1 Å². The predicted molar refractivity (Wildman–Crippen MR) is 82.1 cm³/mol. The quantitative estimate of drug-likeness (QED) is 0.854. The van der Waals surface area contributed by atoms with Gasteiger partial charge in [-0.05, 0) is 42.5 Å². The number of thiophene rings is 1. The number of nitrogens with one attached hydrogen (secondary N) is 2. The van der Waals surface area contributed by atoms with Crippen molar-refractivity contribution in [2.24, 2.45) is 0 Å². The fourth-order valence-electron chi connectivity index (χ4n) is 2.49. The largest absolute Gasteiger partial charge is 0.279 e. The second kappa shape index (κ2) is 6.27. The first kappa shape index (κ1) is 14.7. The normalized spacial score (nSPS) is 12.8. The molecule has 1 aliphatic rings. The number of fused-ring (bicyclic) bond motifs is 1. The van der Waals surface area contributed by atoms with Crippen LogP contribution in [0.5, 0.6) is 0 Å². The lowest BCUT2D eigenvalue weighted by Crippen LogP contribution is -2.42. The minimum atomic E-state index is -0.456. The van der Waals surface area contributed by atoms with Gasteiger partial charge in [-0.25, -0.2) is 4.39 Å². The van der Waals surface area contributed by atoms with Crippen LogP contribution in [0.4, 0.5) is 4.39 Å². The van der Waals surface area contributed by atoms with Crippen LogP contribution in [0.3, 0.4) is 0 Å². The monoisotopic (exact) mass is 318 g/mol. The Kier molecular flexibility index (Phi) is 4.20. The van der Waals surface area contributed by atoms with Gasteiger partial charge < -0.3 is 0 Å². The van der Waals surface area contributed by atoms with Crippen molar-refractivity contribution in [3.8, 4) is 0 Å². The number of hydrogen-bond donors (Lipinski definition) is 2. The summed E-state index contributed by atoms with van der Waals surface area (Å²) in [6, 6.07) is 7.95. The Morgan fingerprint density at radius 3 is 2.77 bits per heavy atom. The molecule has 6 heteroatoms. The summed E-state index contributed by atoms with van der Waals surface area (Å²) in [7, 11) is 0. The molecule has 0 fully saturated rings. The average molecular weight is 318 g/mol. The Morgan fingerprint density at radius 1 is 1.18 bits per heavy atom. The van der Waals surface area contributed by atoms with E-state index in [1.165, 1.54) is 27.8 Å². The first-order valence-electron chi connectivity index (χ1n) is 7.07. The number of benzene rings is 1. The number of halogens is 1. The second-order valence-electron chi connectivity index (χ2n) is 5.18. The predicted octanol–water partition coefficient (Wildman–Crippen LogP) is 2.38. The van der Waals surface area contributed by atoms with Crippen molar-refractivity contribution in [3.63, 3.8) is 0 Å². The lowest BCUT2D eigenvalue weighted by molar-refractivity contribution is -0.121. The zero-order valence-corrected chi connectivity index (χ0v) is 12.6. The average Bonchev–Trinajstić information content (AvgIpc) is 3.08. The lowest BCUT2D eigenvalue weighted by Gasteiger charge is -2.07. The highest BCUT2D eigenvalue weighted by Gasteiger charge is 2.18. The van der Waals surface area contributed by atoms with Crippen LogP contribution < -0.4 is 10.9 Å². The molecule has 2 aromatic rings. The standard InChI is InChI=1S/C16H15FN2O2S/c17-12-6-2-1-4-10(12)9-15(20)18-19-16(21)14-8-11-5-3-7-13(11)22-14/h1-2,4,6,8H,3,5,7,9H2,(H,18,20)(H,19,21). The zero-order chi connectivity index (χ0) is 15.5. The number of aryl methyl sites for hydroxylation is 2. The minimum absolute atomic E-state index is 0.117. The maximum absolute atomic E-state index is 13.4. The number of amides is 2. The smallest absolute Gasteiger partial charge is 0.273 e. The highest BCUT2D eigenvalue weighted by molar-refractivity contribution is 7.14. The molecule has 0 saturated carbocycles. The molecule has 0 bridgehead atoms. The summed E-state index contributed by atoms with van der Waals surface area (Å²) in [5, 5.41) is 0. The van der Waals surface area contributed by atoms with Crippen molar-refractivity contribution in [2.45, 2.75) is 25.7 Å². The Bertz CT molecular complexity index is 705. The van der Waals surface area contributed by atoms with Gasteiger partial charge in [0.15, 0.2) is 0 Å². The third kappa shape index (κ3) is 3.17. The van der Waals surface area contributed by atoms with Gasteiger partial charge in [-0.2, -0.15) is 0 Å². The maximum atomic E-state index is 13.4. The van der Waals surface area contributed by atoms with E-state index >= 15 is 0 Å². The van der Waals surface area contributed by atoms with E-state index in [4.69, 9.17) is 0 Å². The number of hydrazine groups is 1. The summed E-state index contributed by atoms with van der Waals surface area (Å²) in [5.41, 5.74) is 6.22. The molecule has 4 nitrogen and oxygen atoms in total. The first-order valence-corrected chi connectivity index (χ1v) is 7.89. The number of carbonyl (C=O) groups is 2. The van der Waals surface area contributed by atoms with Gasteiger partial charge in [0.05, 0.1) is 11.3 Å². The molecule has 2 N–H and O–H groups in total. The summed E-state index contributed by atoms with van der Waals surface area (Å²) < 4.78 is 13.4. The van der Waals surface area contributed by atoms with E-state index in [9.17, 15) is 14.0 Å². The van der Waals surface area contributed by atoms with Crippen LogP contribution in [0.2, 0.25) is 0 Å². The fraction of sp³-hybridized carbons (Fsp3) is 0.250. The first-order chi connectivity index (χ1) is 10.6. The summed E-state index contributed by atoms with van der Waals surface area (Å²) in [5.74, 6) is -1.22. The number of hydrogen-bond acceptors (Lipinski definition) is 3. The van der Waals surface area contributed by atoms with Gasteiger partial charge >= 0.3 is 0 Å². The highest BCUT2D eigenvalue weighted by Crippen LogP contribution is 2.30. The second-order valence-corrected chi connectivity index (χ2v) is 6.32. The third-order valence-electron chi connectivity index (χ3n) is 3.59. The topological polar surface area (TPSA) is 58.2 Å². The van der Waals surface area contributed by atoms with Crippen LogP contribution >= 0.6 is 11.3 Å². The van der Waals surface area contributed by atoms with Crippen LogP contribution in [0.15, 0.2) is 30.3 Å². The van der Waals surface area contributed by atoms with Crippen molar-refractivity contribution >= 4 is 23.2 Å². The summed E-state index contributed by atoms with van der Waals surface area (Å²) in [4.78, 5) is 25.6. The van der Waals surface area contributed by atoms with Gasteiger partial charge in [0.2, 0.25) is 5.91 Å². The summed E-state index contributed by atoms with van der Waals surface area (Å²) in [6.45, 7) is 0.